The smallest absolute Gasteiger partial charge is 0.133 e. The summed E-state index contributed by atoms with van der Waals surface area (Å²) in [6.07, 6.45) is 6.31. The minimum atomic E-state index is 0.448. The van der Waals surface area contributed by atoms with Crippen LogP contribution in [0.4, 0.5) is 0 Å². The molecule has 0 aliphatic heterocycles. The molecule has 0 saturated heterocycles. The lowest BCUT2D eigenvalue weighted by Crippen LogP contribution is -2.10. The molecule has 0 amide bonds. The van der Waals surface area contributed by atoms with Gasteiger partial charge < -0.3 is 0 Å². The van der Waals surface area contributed by atoms with E-state index in [-0.39, 0.29) is 0 Å². The summed E-state index contributed by atoms with van der Waals surface area (Å²) < 4.78 is 0. The fourth-order valence-corrected chi connectivity index (χ4v) is 2.38. The lowest BCUT2D eigenvalue weighted by Gasteiger charge is -2.19. The van der Waals surface area contributed by atoms with E-state index in [2.05, 4.69) is 24.3 Å². The fraction of sp³-hybridized carbons (Fsp3) is 0.500. The number of rotatable bonds is 1. The lowest BCUT2D eigenvalue weighted by atomic mass is 9.85. The van der Waals surface area contributed by atoms with Crippen LogP contribution in [-0.2, 0) is 4.79 Å². The van der Waals surface area contributed by atoms with E-state index in [1.54, 1.807) is 0 Å². The second-order valence-corrected chi connectivity index (χ2v) is 4.45. The van der Waals surface area contributed by atoms with Crippen LogP contribution in [0, 0.1) is 0 Å². The van der Waals surface area contributed by atoms with Gasteiger partial charge in [0.05, 0.1) is 0 Å². The van der Waals surface area contributed by atoms with Gasteiger partial charge in [-0.3, -0.25) is 4.79 Å². The van der Waals surface area contributed by atoms with Crippen molar-refractivity contribution >= 4 is 5.78 Å². The van der Waals surface area contributed by atoms with Crippen LogP contribution in [0.5, 0.6) is 0 Å². The zero-order valence-corrected chi connectivity index (χ0v) is 9.11. The van der Waals surface area contributed by atoms with E-state index in [0.29, 0.717) is 11.7 Å². The molecule has 0 bridgehead atoms. The molecular formula is C14H18O. The van der Waals surface area contributed by atoms with Crippen molar-refractivity contribution < 1.29 is 4.79 Å². The van der Waals surface area contributed by atoms with Crippen molar-refractivity contribution in [1.82, 2.24) is 0 Å². The number of carbonyl (C=O) groups is 1. The van der Waals surface area contributed by atoms with Gasteiger partial charge in [-0.2, -0.15) is 0 Å². The Bertz CT molecular complexity index is 315. The normalized spacial score (nSPS) is 23.2. The minimum Gasteiger partial charge on any atom is -0.300 e. The maximum Gasteiger partial charge on any atom is 0.133 e. The predicted octanol–water partition coefficient (Wildman–Crippen LogP) is 3.69. The highest BCUT2D eigenvalue weighted by Crippen LogP contribution is 2.29. The first-order valence-corrected chi connectivity index (χ1v) is 5.93. The molecule has 15 heavy (non-hydrogen) atoms. The molecule has 1 fully saturated rings. The van der Waals surface area contributed by atoms with Gasteiger partial charge in [-0.05, 0) is 24.3 Å². The average molecular weight is 202 g/mol. The van der Waals surface area contributed by atoms with Crippen molar-refractivity contribution in [2.75, 3.05) is 0 Å². The third kappa shape index (κ3) is 2.92. The summed E-state index contributed by atoms with van der Waals surface area (Å²) in [6, 6.07) is 10.5. The van der Waals surface area contributed by atoms with Crippen LogP contribution in [0.3, 0.4) is 0 Å². The SMILES string of the molecule is O=C1CCCCC[C@H](c2ccccc2)C1. The summed E-state index contributed by atoms with van der Waals surface area (Å²) in [5.41, 5.74) is 1.34. The number of ketones is 1. The Labute approximate surface area is 91.5 Å². The van der Waals surface area contributed by atoms with Gasteiger partial charge in [0.25, 0.3) is 0 Å². The van der Waals surface area contributed by atoms with E-state index in [4.69, 9.17) is 0 Å². The molecule has 0 spiro atoms. The number of Topliss-reactive ketones (excluding diaryl/α,β-unsaturated/α-hetero) is 1. The van der Waals surface area contributed by atoms with Crippen molar-refractivity contribution in [2.45, 2.75) is 44.4 Å². The van der Waals surface area contributed by atoms with E-state index < -0.39 is 0 Å². The van der Waals surface area contributed by atoms with E-state index in [0.717, 1.165) is 19.3 Å². The quantitative estimate of drug-likeness (QED) is 0.678. The zero-order chi connectivity index (χ0) is 10.5. The topological polar surface area (TPSA) is 17.1 Å². The third-order valence-electron chi connectivity index (χ3n) is 3.25. The van der Waals surface area contributed by atoms with Crippen LogP contribution in [0.25, 0.3) is 0 Å². The Morgan fingerprint density at radius 1 is 1.00 bits per heavy atom. The van der Waals surface area contributed by atoms with Crippen LogP contribution in [-0.4, -0.2) is 5.78 Å². The number of hydrogen-bond donors (Lipinski definition) is 0. The number of carbonyl (C=O) groups excluding carboxylic acids is 1. The van der Waals surface area contributed by atoms with E-state index in [1.807, 2.05) is 6.07 Å². The third-order valence-corrected chi connectivity index (χ3v) is 3.25. The summed E-state index contributed by atoms with van der Waals surface area (Å²) in [5, 5.41) is 0. The molecule has 0 unspecified atom stereocenters. The highest BCUT2D eigenvalue weighted by atomic mass is 16.1. The Morgan fingerprint density at radius 2 is 1.80 bits per heavy atom. The van der Waals surface area contributed by atoms with Crippen LogP contribution in [0.2, 0.25) is 0 Å². The van der Waals surface area contributed by atoms with E-state index in [1.165, 1.54) is 24.8 Å². The van der Waals surface area contributed by atoms with Gasteiger partial charge in [-0.25, -0.2) is 0 Å². The fourth-order valence-electron chi connectivity index (χ4n) is 2.38. The number of benzene rings is 1. The van der Waals surface area contributed by atoms with Crippen molar-refractivity contribution in [3.05, 3.63) is 35.9 Å². The van der Waals surface area contributed by atoms with Crippen LogP contribution in [0.1, 0.15) is 50.0 Å². The second-order valence-electron chi connectivity index (χ2n) is 4.45. The molecule has 1 heteroatoms. The lowest BCUT2D eigenvalue weighted by molar-refractivity contribution is -0.119. The molecule has 0 N–H and O–H groups in total. The Morgan fingerprint density at radius 3 is 2.60 bits per heavy atom. The first-order valence-electron chi connectivity index (χ1n) is 5.93. The van der Waals surface area contributed by atoms with Crippen molar-refractivity contribution in [1.29, 1.82) is 0 Å². The standard InChI is InChI=1S/C14H18O/c15-14-10-6-2-5-9-13(11-14)12-7-3-1-4-8-12/h1,3-4,7-8,13H,2,5-6,9-11H2/t13-/m0/s1. The Kier molecular flexibility index (Phi) is 3.54. The molecule has 1 aromatic carbocycles. The molecule has 1 aromatic rings. The van der Waals surface area contributed by atoms with Gasteiger partial charge >= 0.3 is 0 Å². The molecule has 1 nitrogen and oxygen atoms in total. The first kappa shape index (κ1) is 10.4. The van der Waals surface area contributed by atoms with E-state index >= 15 is 0 Å². The molecule has 1 aliphatic rings. The van der Waals surface area contributed by atoms with Gasteiger partial charge in [-0.15, -0.1) is 0 Å². The molecule has 2 rings (SSSR count). The Balaban J connectivity index is 2.09. The molecule has 0 aromatic heterocycles. The van der Waals surface area contributed by atoms with Gasteiger partial charge in [0, 0.05) is 12.8 Å². The van der Waals surface area contributed by atoms with Crippen molar-refractivity contribution in [3.63, 3.8) is 0 Å². The molecule has 1 saturated carbocycles. The molecule has 1 aliphatic carbocycles. The maximum absolute atomic E-state index is 11.6. The van der Waals surface area contributed by atoms with E-state index in [9.17, 15) is 4.79 Å². The monoisotopic (exact) mass is 202 g/mol. The summed E-state index contributed by atoms with van der Waals surface area (Å²) >= 11 is 0. The molecule has 0 heterocycles. The first-order chi connectivity index (χ1) is 7.36. The van der Waals surface area contributed by atoms with Gasteiger partial charge in [0.2, 0.25) is 0 Å². The van der Waals surface area contributed by atoms with Crippen LogP contribution >= 0.6 is 0 Å². The Hall–Kier alpha value is -1.11. The largest absolute Gasteiger partial charge is 0.300 e. The minimum absolute atomic E-state index is 0.448. The summed E-state index contributed by atoms with van der Waals surface area (Å²) in [5.74, 6) is 0.919. The average Bonchev–Trinajstić information content (AvgIpc) is 2.24. The molecule has 1 atom stereocenters. The van der Waals surface area contributed by atoms with Gasteiger partial charge in [0.15, 0.2) is 0 Å². The zero-order valence-electron chi connectivity index (χ0n) is 9.11. The second kappa shape index (κ2) is 5.11. The van der Waals surface area contributed by atoms with Crippen LogP contribution in [0.15, 0.2) is 30.3 Å². The van der Waals surface area contributed by atoms with Gasteiger partial charge in [0.1, 0.15) is 5.78 Å². The summed E-state index contributed by atoms with van der Waals surface area (Å²) in [6.45, 7) is 0. The van der Waals surface area contributed by atoms with Gasteiger partial charge in [-0.1, -0.05) is 43.2 Å². The van der Waals surface area contributed by atoms with Crippen LogP contribution < -0.4 is 0 Å². The van der Waals surface area contributed by atoms with Crippen molar-refractivity contribution in [2.24, 2.45) is 0 Å². The summed E-state index contributed by atoms with van der Waals surface area (Å²) in [4.78, 5) is 11.6. The van der Waals surface area contributed by atoms with Crippen molar-refractivity contribution in [3.8, 4) is 0 Å². The highest BCUT2D eigenvalue weighted by Gasteiger charge is 2.17. The molecule has 80 valence electrons. The number of hydrogen-bond acceptors (Lipinski definition) is 1. The highest BCUT2D eigenvalue weighted by molar-refractivity contribution is 5.79. The maximum atomic E-state index is 11.6. The molecule has 0 radical (unpaired) electrons. The summed E-state index contributed by atoms with van der Waals surface area (Å²) in [7, 11) is 0. The predicted molar refractivity (Wildman–Crippen MR) is 61.9 cm³/mol. The molecular weight excluding hydrogens is 184 g/mol.